The van der Waals surface area contributed by atoms with Gasteiger partial charge in [0.1, 0.15) is 36.3 Å². The zero-order chi connectivity index (χ0) is 42.4. The van der Waals surface area contributed by atoms with Gasteiger partial charge in [0.05, 0.1) is 31.8 Å². The number of nitrogens with one attached hydrogen (secondary N) is 6. The summed E-state index contributed by atoms with van der Waals surface area (Å²) in [5, 5.41) is 52.8. The number of primary amides is 1. The largest absolute Gasteiger partial charge is 0.480 e. The fourth-order valence-corrected chi connectivity index (χ4v) is 5.14. The number of rotatable bonds is 27. The number of aliphatic hydroxyl groups excluding tert-OH is 3. The van der Waals surface area contributed by atoms with E-state index in [4.69, 9.17) is 22.9 Å². The molecule has 0 aromatic rings. The van der Waals surface area contributed by atoms with Crippen molar-refractivity contribution in [2.24, 2.45) is 33.8 Å². The molecule has 0 bridgehead atoms. The van der Waals surface area contributed by atoms with Crippen LogP contribution in [0.1, 0.15) is 52.9 Å². The molecule has 7 amide bonds. The van der Waals surface area contributed by atoms with Crippen molar-refractivity contribution in [1.82, 2.24) is 31.9 Å². The van der Waals surface area contributed by atoms with Crippen molar-refractivity contribution in [3.8, 4) is 0 Å². The molecular weight excluding hydrogens is 750 g/mol. The number of aliphatic imine (C=N–C) groups is 1. The lowest BCUT2D eigenvalue weighted by Crippen LogP contribution is -2.62. The van der Waals surface area contributed by atoms with E-state index >= 15 is 0 Å². The summed E-state index contributed by atoms with van der Waals surface area (Å²) in [6.07, 6.45) is -0.398. The highest BCUT2D eigenvalue weighted by molar-refractivity contribution is 7.98. The minimum absolute atomic E-state index is 0.0237. The number of guanidine groups is 1. The predicted octanol–water partition coefficient (Wildman–Crippen LogP) is -6.60. The van der Waals surface area contributed by atoms with Gasteiger partial charge in [-0.05, 0) is 50.5 Å². The number of hydrogen-bond donors (Lipinski definition) is 14. The first-order valence-corrected chi connectivity index (χ1v) is 18.6. The SMILES string of the molecule is CSCC[C@H](N)C(=O)N[C@@H](CO)C(=O)N[C@@H](CC(C)C)C(=O)N[C@@H](CC(N)=O)C(=O)N[C@H](C(=O)N[C@@H](CO)C(=O)N[C@@H](CCCN=C(N)N)C(=O)O)[C@@H](C)O. The maximum Gasteiger partial charge on any atom is 0.326 e. The third-order valence-corrected chi connectivity index (χ3v) is 8.25. The molecule has 0 saturated carbocycles. The van der Waals surface area contributed by atoms with E-state index in [1.54, 1.807) is 13.8 Å². The molecule has 0 spiro atoms. The molecule has 0 aliphatic heterocycles. The molecule has 0 aromatic carbocycles. The van der Waals surface area contributed by atoms with Crippen LogP contribution in [0.4, 0.5) is 0 Å². The molecule has 23 nitrogen and oxygen atoms in total. The molecule has 0 radical (unpaired) electrons. The van der Waals surface area contributed by atoms with Crippen molar-refractivity contribution in [1.29, 1.82) is 0 Å². The Hall–Kier alpha value is -4.78. The van der Waals surface area contributed by atoms with E-state index in [0.29, 0.717) is 12.2 Å². The van der Waals surface area contributed by atoms with Crippen LogP contribution in [0.15, 0.2) is 4.99 Å². The van der Waals surface area contributed by atoms with E-state index in [2.05, 4.69) is 36.9 Å². The molecule has 0 fully saturated rings. The number of carbonyl (C=O) groups excluding carboxylic acids is 7. The Bertz CT molecular complexity index is 1350. The minimum Gasteiger partial charge on any atom is -0.480 e. The summed E-state index contributed by atoms with van der Waals surface area (Å²) < 4.78 is 0. The molecule has 0 saturated heterocycles. The number of amides is 7. The first-order chi connectivity index (χ1) is 25.7. The monoisotopic (exact) mass is 807 g/mol. The number of thioether (sulfide) groups is 1. The number of carbonyl (C=O) groups is 8. The summed E-state index contributed by atoms with van der Waals surface area (Å²) in [4.78, 5) is 106. The van der Waals surface area contributed by atoms with Crippen LogP contribution in [0, 0.1) is 5.92 Å². The van der Waals surface area contributed by atoms with Crippen molar-refractivity contribution in [2.75, 3.05) is 31.8 Å². The Morgan fingerprint density at radius 2 is 1.15 bits per heavy atom. The van der Waals surface area contributed by atoms with E-state index in [-0.39, 0.29) is 37.7 Å². The zero-order valence-corrected chi connectivity index (χ0v) is 32.1. The lowest BCUT2D eigenvalue weighted by atomic mass is 10.0. The first kappa shape index (κ1) is 50.2. The van der Waals surface area contributed by atoms with Crippen LogP contribution < -0.4 is 54.8 Å². The van der Waals surface area contributed by atoms with Gasteiger partial charge in [0.2, 0.25) is 41.4 Å². The van der Waals surface area contributed by atoms with Gasteiger partial charge in [0, 0.05) is 6.54 Å². The highest BCUT2D eigenvalue weighted by Gasteiger charge is 2.35. The molecule has 24 heteroatoms. The summed E-state index contributed by atoms with van der Waals surface area (Å²) in [7, 11) is 0. The second kappa shape index (κ2) is 26.1. The molecule has 18 N–H and O–H groups in total. The van der Waals surface area contributed by atoms with E-state index in [1.165, 1.54) is 11.8 Å². The van der Waals surface area contributed by atoms with Crippen LogP contribution in [0.2, 0.25) is 0 Å². The van der Waals surface area contributed by atoms with E-state index < -0.39 is 115 Å². The fraction of sp³-hybridized carbons (Fsp3) is 0.710. The molecule has 8 atom stereocenters. The molecule has 0 rings (SSSR count). The molecule has 0 unspecified atom stereocenters. The van der Waals surface area contributed by atoms with E-state index in [9.17, 15) is 58.8 Å². The summed E-state index contributed by atoms with van der Waals surface area (Å²) in [5.41, 5.74) is 21.6. The summed E-state index contributed by atoms with van der Waals surface area (Å²) in [6.45, 7) is 2.67. The van der Waals surface area contributed by atoms with Crippen molar-refractivity contribution in [3.63, 3.8) is 0 Å². The Labute approximate surface area is 322 Å². The smallest absolute Gasteiger partial charge is 0.326 e. The third-order valence-electron chi connectivity index (χ3n) is 7.60. The molecule has 0 aliphatic carbocycles. The van der Waals surface area contributed by atoms with Gasteiger partial charge in [-0.1, -0.05) is 13.8 Å². The topological polar surface area (TPSA) is 406 Å². The maximum atomic E-state index is 13.4. The van der Waals surface area contributed by atoms with Crippen molar-refractivity contribution < 1.29 is 58.8 Å². The average molecular weight is 808 g/mol. The van der Waals surface area contributed by atoms with Crippen LogP contribution in [-0.2, 0) is 38.4 Å². The average Bonchev–Trinajstić information content (AvgIpc) is 3.09. The molecule has 0 aromatic heterocycles. The lowest BCUT2D eigenvalue weighted by molar-refractivity contribution is -0.143. The van der Waals surface area contributed by atoms with Crippen molar-refractivity contribution in [2.45, 2.75) is 101 Å². The van der Waals surface area contributed by atoms with Gasteiger partial charge >= 0.3 is 5.97 Å². The van der Waals surface area contributed by atoms with Crippen LogP contribution >= 0.6 is 11.8 Å². The van der Waals surface area contributed by atoms with Gasteiger partial charge in [-0.25, -0.2) is 4.79 Å². The summed E-state index contributed by atoms with van der Waals surface area (Å²) in [6, 6.07) is -10.7. The van der Waals surface area contributed by atoms with Gasteiger partial charge < -0.3 is 75.3 Å². The van der Waals surface area contributed by atoms with Gasteiger partial charge in [0.25, 0.3) is 0 Å². The number of carboxylic acids is 1. The number of hydrogen-bond acceptors (Lipinski definition) is 14. The molecular formula is C31H57N11O12S. The van der Waals surface area contributed by atoms with Gasteiger partial charge in [-0.15, -0.1) is 0 Å². The molecule has 0 aliphatic rings. The number of aliphatic hydroxyl groups is 3. The molecule has 55 heavy (non-hydrogen) atoms. The summed E-state index contributed by atoms with van der Waals surface area (Å²) in [5.74, 6) is -8.64. The fourth-order valence-electron chi connectivity index (χ4n) is 4.65. The highest BCUT2D eigenvalue weighted by Crippen LogP contribution is 2.08. The van der Waals surface area contributed by atoms with Gasteiger partial charge in [0.15, 0.2) is 5.96 Å². The first-order valence-electron chi connectivity index (χ1n) is 17.2. The van der Waals surface area contributed by atoms with Crippen LogP contribution in [0.25, 0.3) is 0 Å². The van der Waals surface area contributed by atoms with Crippen molar-refractivity contribution >= 4 is 65.0 Å². The standard InChI is InChI=1S/C31H57N11O12S/c1-14(2)10-18(38-28(51)20(12-43)40-24(47)16(32)7-9-55-4)25(48)39-19(11-22(33)46)26(49)42-23(15(3)45)29(52)41-21(13-44)27(50)37-17(30(53)54)6-5-8-36-31(34)35/h14-21,23,43-45H,5-13,32H2,1-4H3,(H2,33,46)(H,37,50)(H,38,51)(H,39,48)(H,40,47)(H,41,52)(H,42,49)(H,53,54)(H4,34,35,36)/t15-,16+,17+,18+,19+,20+,21+,23+/m1/s1. The zero-order valence-electron chi connectivity index (χ0n) is 31.3. The quantitative estimate of drug-likeness (QED) is 0.0208. The highest BCUT2D eigenvalue weighted by atomic mass is 32.2. The van der Waals surface area contributed by atoms with E-state index in [0.717, 1.165) is 6.92 Å². The lowest BCUT2D eigenvalue weighted by Gasteiger charge is -2.28. The molecule has 314 valence electrons. The second-order valence-electron chi connectivity index (χ2n) is 12.9. The van der Waals surface area contributed by atoms with Crippen LogP contribution in [-0.4, -0.2) is 154 Å². The predicted molar refractivity (Wildman–Crippen MR) is 199 cm³/mol. The minimum atomic E-state index is -1.86. The van der Waals surface area contributed by atoms with Crippen molar-refractivity contribution in [3.05, 3.63) is 0 Å². The number of nitrogens with two attached hydrogens (primary N) is 4. The molecule has 0 heterocycles. The Morgan fingerprint density at radius 3 is 1.60 bits per heavy atom. The van der Waals surface area contributed by atoms with Crippen LogP contribution in [0.5, 0.6) is 0 Å². The maximum absolute atomic E-state index is 13.4. The van der Waals surface area contributed by atoms with Crippen LogP contribution in [0.3, 0.4) is 0 Å². The number of carboxylic acid groups (broad SMARTS) is 1. The number of nitrogens with zero attached hydrogens (tertiary/aromatic N) is 1. The van der Waals surface area contributed by atoms with Gasteiger partial charge in [-0.3, -0.25) is 38.6 Å². The van der Waals surface area contributed by atoms with Gasteiger partial charge in [-0.2, -0.15) is 11.8 Å². The third kappa shape index (κ3) is 19.9. The number of aliphatic carboxylic acids is 1. The Balaban J connectivity index is 5.95. The summed E-state index contributed by atoms with van der Waals surface area (Å²) >= 11 is 1.45. The Kier molecular flexibility index (Phi) is 23.8. The second-order valence-corrected chi connectivity index (χ2v) is 13.9. The Morgan fingerprint density at radius 1 is 0.673 bits per heavy atom. The normalized spacial score (nSPS) is 15.4. The van der Waals surface area contributed by atoms with E-state index in [1.807, 2.05) is 6.26 Å².